The Hall–Kier alpha value is -3.51. The summed E-state index contributed by atoms with van der Waals surface area (Å²) >= 11 is 6.16. The van der Waals surface area contributed by atoms with Gasteiger partial charge in [-0.25, -0.2) is 5.43 Å². The molecule has 0 bridgehead atoms. The second-order valence-electron chi connectivity index (χ2n) is 6.19. The van der Waals surface area contributed by atoms with Crippen LogP contribution in [0.2, 0.25) is 5.02 Å². The third-order valence-electron chi connectivity index (χ3n) is 4.26. The van der Waals surface area contributed by atoms with Crippen molar-refractivity contribution in [2.75, 3.05) is 14.2 Å². The van der Waals surface area contributed by atoms with E-state index in [2.05, 4.69) is 10.5 Å². The molecule has 7 heteroatoms. The predicted octanol–water partition coefficient (Wildman–Crippen LogP) is 4.70. The molecular formula is C23H21ClN2O4. The Labute approximate surface area is 180 Å². The van der Waals surface area contributed by atoms with Gasteiger partial charge in [0.1, 0.15) is 12.4 Å². The van der Waals surface area contributed by atoms with Gasteiger partial charge in [0.05, 0.1) is 26.0 Å². The molecule has 0 fully saturated rings. The van der Waals surface area contributed by atoms with Gasteiger partial charge in [0.2, 0.25) is 0 Å². The highest BCUT2D eigenvalue weighted by Crippen LogP contribution is 2.27. The number of nitrogens with one attached hydrogen (secondary N) is 1. The lowest BCUT2D eigenvalue weighted by atomic mass is 10.2. The molecule has 3 aromatic rings. The average Bonchev–Trinajstić information content (AvgIpc) is 2.78. The summed E-state index contributed by atoms with van der Waals surface area (Å²) in [6.07, 6.45) is 1.52. The SMILES string of the molecule is COc1ccc(/C=N/NC(=O)c2ccccc2OCc2ccccc2Cl)cc1OC. The number of halogens is 1. The molecule has 0 aromatic heterocycles. The van der Waals surface area contributed by atoms with E-state index in [-0.39, 0.29) is 12.5 Å². The minimum absolute atomic E-state index is 0.249. The van der Waals surface area contributed by atoms with Crippen LogP contribution in [0.4, 0.5) is 0 Å². The van der Waals surface area contributed by atoms with E-state index in [1.807, 2.05) is 18.2 Å². The molecule has 3 aromatic carbocycles. The number of carbonyl (C=O) groups excluding carboxylic acids is 1. The first kappa shape index (κ1) is 21.2. The number of methoxy groups -OCH3 is 2. The Morgan fingerprint density at radius 3 is 2.47 bits per heavy atom. The van der Waals surface area contributed by atoms with Gasteiger partial charge >= 0.3 is 0 Å². The number of nitrogens with zero attached hydrogens (tertiary/aromatic N) is 1. The summed E-state index contributed by atoms with van der Waals surface area (Å²) in [6, 6.07) is 19.7. The Bertz CT molecular complexity index is 1050. The van der Waals surface area contributed by atoms with Crippen molar-refractivity contribution in [2.45, 2.75) is 6.61 Å². The van der Waals surface area contributed by atoms with Gasteiger partial charge < -0.3 is 14.2 Å². The number of ether oxygens (including phenoxy) is 3. The van der Waals surface area contributed by atoms with Crippen molar-refractivity contribution in [1.82, 2.24) is 5.43 Å². The Morgan fingerprint density at radius 2 is 1.70 bits per heavy atom. The van der Waals surface area contributed by atoms with Crippen LogP contribution in [0, 0.1) is 0 Å². The highest BCUT2D eigenvalue weighted by atomic mass is 35.5. The average molecular weight is 425 g/mol. The van der Waals surface area contributed by atoms with E-state index in [4.69, 9.17) is 25.8 Å². The molecule has 0 saturated carbocycles. The van der Waals surface area contributed by atoms with E-state index in [0.29, 0.717) is 27.8 Å². The Kier molecular flexibility index (Phi) is 7.29. The minimum atomic E-state index is -0.388. The van der Waals surface area contributed by atoms with Gasteiger partial charge in [-0.15, -0.1) is 0 Å². The lowest BCUT2D eigenvalue weighted by molar-refractivity contribution is 0.0950. The number of carbonyl (C=O) groups is 1. The summed E-state index contributed by atoms with van der Waals surface area (Å²) in [5, 5.41) is 4.63. The second-order valence-corrected chi connectivity index (χ2v) is 6.60. The molecule has 154 valence electrons. The van der Waals surface area contributed by atoms with Crippen molar-refractivity contribution >= 4 is 23.7 Å². The molecule has 0 radical (unpaired) electrons. The molecule has 0 saturated heterocycles. The fourth-order valence-corrected chi connectivity index (χ4v) is 2.90. The Balaban J connectivity index is 1.67. The topological polar surface area (TPSA) is 69.2 Å². The first-order valence-corrected chi connectivity index (χ1v) is 9.51. The van der Waals surface area contributed by atoms with E-state index < -0.39 is 0 Å². The molecule has 0 unspecified atom stereocenters. The molecule has 0 aliphatic carbocycles. The monoisotopic (exact) mass is 424 g/mol. The van der Waals surface area contributed by atoms with Gasteiger partial charge in [0.15, 0.2) is 11.5 Å². The van der Waals surface area contributed by atoms with Crippen LogP contribution in [-0.4, -0.2) is 26.3 Å². The van der Waals surface area contributed by atoms with Crippen molar-refractivity contribution in [3.63, 3.8) is 0 Å². The lowest BCUT2D eigenvalue weighted by Crippen LogP contribution is -2.18. The summed E-state index contributed by atoms with van der Waals surface area (Å²) in [4.78, 5) is 12.6. The van der Waals surface area contributed by atoms with E-state index in [1.54, 1.807) is 62.8 Å². The molecule has 1 N–H and O–H groups in total. The highest BCUT2D eigenvalue weighted by molar-refractivity contribution is 6.31. The number of rotatable bonds is 8. The molecule has 6 nitrogen and oxygen atoms in total. The molecule has 0 aliphatic heterocycles. The fraction of sp³-hybridized carbons (Fsp3) is 0.130. The summed E-state index contributed by atoms with van der Waals surface area (Å²) in [5.41, 5.74) is 4.47. The maximum absolute atomic E-state index is 12.6. The van der Waals surface area contributed by atoms with Crippen LogP contribution < -0.4 is 19.6 Å². The zero-order valence-corrected chi connectivity index (χ0v) is 17.3. The number of amides is 1. The van der Waals surface area contributed by atoms with Crippen LogP contribution in [0.5, 0.6) is 17.2 Å². The first-order chi connectivity index (χ1) is 14.6. The quantitative estimate of drug-likeness (QED) is 0.420. The maximum atomic E-state index is 12.6. The number of hydrogen-bond acceptors (Lipinski definition) is 5. The summed E-state index contributed by atoms with van der Waals surface area (Å²) < 4.78 is 16.3. The van der Waals surface area contributed by atoms with Crippen molar-refractivity contribution in [3.05, 3.63) is 88.4 Å². The normalized spacial score (nSPS) is 10.6. The molecule has 1 amide bonds. The van der Waals surface area contributed by atoms with E-state index in [1.165, 1.54) is 6.21 Å². The summed E-state index contributed by atoms with van der Waals surface area (Å²) in [5.74, 6) is 1.24. The number of hydrazone groups is 1. The molecule has 0 heterocycles. The van der Waals surface area contributed by atoms with Gasteiger partial charge in [0.25, 0.3) is 5.91 Å². The maximum Gasteiger partial charge on any atom is 0.275 e. The molecular weight excluding hydrogens is 404 g/mol. The van der Waals surface area contributed by atoms with E-state index in [0.717, 1.165) is 11.1 Å². The smallest absolute Gasteiger partial charge is 0.275 e. The zero-order valence-electron chi connectivity index (χ0n) is 16.6. The van der Waals surface area contributed by atoms with Crippen molar-refractivity contribution < 1.29 is 19.0 Å². The molecule has 0 atom stereocenters. The largest absolute Gasteiger partial charge is 0.493 e. The van der Waals surface area contributed by atoms with Crippen molar-refractivity contribution in [2.24, 2.45) is 5.10 Å². The van der Waals surface area contributed by atoms with E-state index >= 15 is 0 Å². The van der Waals surface area contributed by atoms with E-state index in [9.17, 15) is 4.79 Å². The third-order valence-corrected chi connectivity index (χ3v) is 4.63. The zero-order chi connectivity index (χ0) is 21.3. The number of benzene rings is 3. The van der Waals surface area contributed by atoms with Gasteiger partial charge in [-0.2, -0.15) is 5.10 Å². The van der Waals surface area contributed by atoms with Gasteiger partial charge in [0, 0.05) is 10.6 Å². The predicted molar refractivity (Wildman–Crippen MR) is 117 cm³/mol. The molecule has 30 heavy (non-hydrogen) atoms. The van der Waals surface area contributed by atoms with Crippen LogP contribution in [0.25, 0.3) is 0 Å². The third kappa shape index (κ3) is 5.30. The molecule has 3 rings (SSSR count). The van der Waals surface area contributed by atoms with Gasteiger partial charge in [-0.1, -0.05) is 41.9 Å². The van der Waals surface area contributed by atoms with Crippen LogP contribution in [0.1, 0.15) is 21.5 Å². The second kappa shape index (κ2) is 10.3. The first-order valence-electron chi connectivity index (χ1n) is 9.13. The summed E-state index contributed by atoms with van der Waals surface area (Å²) in [6.45, 7) is 0.249. The lowest BCUT2D eigenvalue weighted by Gasteiger charge is -2.11. The van der Waals surface area contributed by atoms with Crippen LogP contribution in [-0.2, 0) is 6.61 Å². The highest BCUT2D eigenvalue weighted by Gasteiger charge is 2.12. The van der Waals surface area contributed by atoms with Gasteiger partial charge in [-0.3, -0.25) is 4.79 Å². The molecule has 0 aliphatic rings. The minimum Gasteiger partial charge on any atom is -0.493 e. The number of para-hydroxylation sites is 1. The Morgan fingerprint density at radius 1 is 0.967 bits per heavy atom. The van der Waals surface area contributed by atoms with Crippen molar-refractivity contribution in [1.29, 1.82) is 0 Å². The fourth-order valence-electron chi connectivity index (χ4n) is 2.71. The number of hydrogen-bond donors (Lipinski definition) is 1. The van der Waals surface area contributed by atoms with Crippen LogP contribution in [0.15, 0.2) is 71.8 Å². The van der Waals surface area contributed by atoms with Crippen molar-refractivity contribution in [3.8, 4) is 17.2 Å². The standard InChI is InChI=1S/C23H21ClN2O4/c1-28-21-12-11-16(13-22(21)29-2)14-25-26-23(27)18-8-4-6-10-20(18)30-15-17-7-3-5-9-19(17)24/h3-14H,15H2,1-2H3,(H,26,27)/b25-14+. The van der Waals surface area contributed by atoms with Crippen LogP contribution in [0.3, 0.4) is 0 Å². The van der Waals surface area contributed by atoms with Crippen LogP contribution >= 0.6 is 11.6 Å². The van der Waals surface area contributed by atoms with Gasteiger partial charge in [-0.05, 0) is 42.0 Å². The summed E-state index contributed by atoms with van der Waals surface area (Å²) in [7, 11) is 3.12. The molecule has 0 spiro atoms.